The maximum absolute atomic E-state index is 12.7. The van der Waals surface area contributed by atoms with Crippen molar-refractivity contribution in [3.05, 3.63) is 63.5 Å². The van der Waals surface area contributed by atoms with E-state index in [-0.39, 0.29) is 17.3 Å². The predicted molar refractivity (Wildman–Crippen MR) is 101 cm³/mol. The number of nitrogens with one attached hydrogen (secondary N) is 1. The summed E-state index contributed by atoms with van der Waals surface area (Å²) in [6.07, 6.45) is 1.80. The van der Waals surface area contributed by atoms with Gasteiger partial charge < -0.3 is 5.32 Å². The molecule has 0 bridgehead atoms. The summed E-state index contributed by atoms with van der Waals surface area (Å²) >= 11 is 3.43. The number of aryl methyl sites for hydroxylation is 2. The van der Waals surface area contributed by atoms with Gasteiger partial charge in [0.15, 0.2) is 0 Å². The molecule has 26 heavy (non-hydrogen) atoms. The average Bonchev–Trinajstić information content (AvgIpc) is 2.88. The fourth-order valence-corrected chi connectivity index (χ4v) is 3.78. The van der Waals surface area contributed by atoms with Crippen LogP contribution in [0.15, 0.2) is 45.9 Å². The quantitative estimate of drug-likeness (QED) is 0.653. The zero-order chi connectivity index (χ0) is 19.1. The Balaban J connectivity index is 1.83. The van der Waals surface area contributed by atoms with Crippen LogP contribution < -0.4 is 10.5 Å². The van der Waals surface area contributed by atoms with E-state index >= 15 is 0 Å². The summed E-state index contributed by atoms with van der Waals surface area (Å²) in [5.41, 5.74) is 3.54. The molecular weight excluding hydrogens is 420 g/mol. The van der Waals surface area contributed by atoms with Crippen LogP contribution in [-0.4, -0.2) is 23.7 Å². The number of benzene rings is 1. The lowest BCUT2D eigenvalue weighted by atomic mass is 10.2. The molecule has 2 aromatic heterocycles. The van der Waals surface area contributed by atoms with E-state index in [1.54, 1.807) is 29.7 Å². The lowest BCUT2D eigenvalue weighted by Crippen LogP contribution is -2.25. The van der Waals surface area contributed by atoms with Crippen LogP contribution in [0.3, 0.4) is 0 Å². The number of primary sulfonamides is 1. The van der Waals surface area contributed by atoms with Gasteiger partial charge in [0.2, 0.25) is 10.0 Å². The molecule has 1 amide bonds. The van der Waals surface area contributed by atoms with Gasteiger partial charge in [-0.2, -0.15) is 0 Å². The van der Waals surface area contributed by atoms with Crippen LogP contribution in [0.2, 0.25) is 0 Å². The van der Waals surface area contributed by atoms with Gasteiger partial charge in [0.1, 0.15) is 11.3 Å². The number of carbonyl (C=O) groups is 1. The van der Waals surface area contributed by atoms with Crippen LogP contribution in [0.5, 0.6) is 0 Å². The van der Waals surface area contributed by atoms with Gasteiger partial charge in [-0.25, -0.2) is 18.5 Å². The number of halogens is 1. The number of aromatic nitrogens is 2. The van der Waals surface area contributed by atoms with E-state index in [2.05, 4.69) is 26.2 Å². The first kappa shape index (κ1) is 18.6. The monoisotopic (exact) mass is 436 g/mol. The van der Waals surface area contributed by atoms with Gasteiger partial charge in [0, 0.05) is 17.2 Å². The second-order valence-electron chi connectivity index (χ2n) is 5.95. The van der Waals surface area contributed by atoms with Crippen LogP contribution in [0, 0.1) is 13.8 Å². The lowest BCUT2D eigenvalue weighted by Gasteiger charge is -2.08. The van der Waals surface area contributed by atoms with Crippen LogP contribution in [-0.2, 0) is 16.6 Å². The molecule has 0 fully saturated rings. The van der Waals surface area contributed by atoms with Crippen LogP contribution in [0.25, 0.3) is 5.65 Å². The van der Waals surface area contributed by atoms with Gasteiger partial charge in [-0.1, -0.05) is 12.1 Å². The summed E-state index contributed by atoms with van der Waals surface area (Å²) in [5, 5.41) is 7.91. The first-order chi connectivity index (χ1) is 12.2. The molecule has 0 saturated carbocycles. The van der Waals surface area contributed by atoms with E-state index in [1.165, 1.54) is 12.1 Å². The third-order valence-electron chi connectivity index (χ3n) is 3.96. The molecule has 0 aliphatic rings. The largest absolute Gasteiger partial charge is 0.347 e. The van der Waals surface area contributed by atoms with Gasteiger partial charge in [-0.3, -0.25) is 9.20 Å². The lowest BCUT2D eigenvalue weighted by molar-refractivity contribution is 0.0944. The van der Waals surface area contributed by atoms with Crippen molar-refractivity contribution in [2.75, 3.05) is 0 Å². The van der Waals surface area contributed by atoms with E-state index in [1.807, 2.05) is 13.0 Å². The number of sulfonamides is 1. The Hall–Kier alpha value is -2.23. The molecule has 2 heterocycles. The Bertz CT molecular complexity index is 1110. The molecule has 3 rings (SSSR count). The molecule has 0 aliphatic carbocycles. The summed E-state index contributed by atoms with van der Waals surface area (Å²) in [5.74, 6) is -0.261. The van der Waals surface area contributed by atoms with E-state index in [4.69, 9.17) is 5.14 Å². The highest BCUT2D eigenvalue weighted by molar-refractivity contribution is 9.10. The second kappa shape index (κ2) is 6.82. The van der Waals surface area contributed by atoms with Gasteiger partial charge in [0.05, 0.1) is 10.6 Å². The molecule has 0 spiro atoms. The van der Waals surface area contributed by atoms with Crippen LogP contribution in [0.4, 0.5) is 0 Å². The number of fused-ring (bicyclic) bond motifs is 1. The standard InChI is InChI=1S/C17H17BrN4O3S/c1-10-7-13(18)9-22-15(11(2)21-16(10)22)17(23)20-8-12-3-5-14(6-4-12)26(19,24)25/h3-7,9H,8H2,1-2H3,(H,20,23)(H2,19,24,25). The van der Waals surface area contributed by atoms with Crippen molar-refractivity contribution in [3.63, 3.8) is 0 Å². The maximum Gasteiger partial charge on any atom is 0.270 e. The Kier molecular flexibility index (Phi) is 4.87. The smallest absolute Gasteiger partial charge is 0.270 e. The number of imidazole rings is 1. The first-order valence-electron chi connectivity index (χ1n) is 7.71. The molecule has 1 aromatic carbocycles. The molecule has 136 valence electrons. The van der Waals surface area contributed by atoms with Crippen molar-refractivity contribution in [2.24, 2.45) is 5.14 Å². The molecule has 0 atom stereocenters. The van der Waals surface area contributed by atoms with E-state index in [0.29, 0.717) is 11.4 Å². The highest BCUT2D eigenvalue weighted by Gasteiger charge is 2.18. The van der Waals surface area contributed by atoms with Crippen molar-refractivity contribution < 1.29 is 13.2 Å². The minimum Gasteiger partial charge on any atom is -0.347 e. The van der Waals surface area contributed by atoms with E-state index < -0.39 is 10.0 Å². The summed E-state index contributed by atoms with van der Waals surface area (Å²) in [7, 11) is -3.73. The molecule has 3 N–H and O–H groups in total. The molecule has 0 aliphatic heterocycles. The third kappa shape index (κ3) is 3.64. The number of hydrogen-bond acceptors (Lipinski definition) is 4. The normalized spacial score (nSPS) is 11.7. The summed E-state index contributed by atoms with van der Waals surface area (Å²) in [6.45, 7) is 3.97. The Morgan fingerprint density at radius 2 is 1.92 bits per heavy atom. The van der Waals surface area contributed by atoms with Gasteiger partial charge >= 0.3 is 0 Å². The van der Waals surface area contributed by atoms with E-state index in [0.717, 1.165) is 21.2 Å². The molecule has 9 heteroatoms. The van der Waals surface area contributed by atoms with Crippen molar-refractivity contribution in [1.82, 2.24) is 14.7 Å². The minimum absolute atomic E-state index is 0.0329. The van der Waals surface area contributed by atoms with Crippen molar-refractivity contribution in [2.45, 2.75) is 25.3 Å². The molecule has 3 aromatic rings. The van der Waals surface area contributed by atoms with Gasteiger partial charge in [0.25, 0.3) is 5.91 Å². The molecular formula is C17H17BrN4O3S. The molecule has 0 saturated heterocycles. The van der Waals surface area contributed by atoms with E-state index in [9.17, 15) is 13.2 Å². The molecule has 0 radical (unpaired) electrons. The number of amides is 1. The number of pyridine rings is 1. The predicted octanol–water partition coefficient (Wildman–Crippen LogP) is 2.29. The zero-order valence-electron chi connectivity index (χ0n) is 14.2. The SMILES string of the molecule is Cc1nc2c(C)cc(Br)cn2c1C(=O)NCc1ccc(S(N)(=O)=O)cc1. The Labute approximate surface area is 159 Å². The Morgan fingerprint density at radius 3 is 2.54 bits per heavy atom. The number of hydrogen-bond donors (Lipinski definition) is 2. The minimum atomic E-state index is -3.73. The zero-order valence-corrected chi connectivity index (χ0v) is 16.6. The van der Waals surface area contributed by atoms with Crippen LogP contribution in [0.1, 0.15) is 27.3 Å². The summed E-state index contributed by atoms with van der Waals surface area (Å²) in [6, 6.07) is 7.99. The van der Waals surface area contributed by atoms with Crippen molar-refractivity contribution in [1.29, 1.82) is 0 Å². The summed E-state index contributed by atoms with van der Waals surface area (Å²) in [4.78, 5) is 17.2. The Morgan fingerprint density at radius 1 is 1.27 bits per heavy atom. The topological polar surface area (TPSA) is 107 Å². The molecule has 0 unspecified atom stereocenters. The third-order valence-corrected chi connectivity index (χ3v) is 5.33. The fraction of sp³-hybridized carbons (Fsp3) is 0.176. The maximum atomic E-state index is 12.7. The van der Waals surface area contributed by atoms with Gasteiger partial charge in [-0.15, -0.1) is 0 Å². The second-order valence-corrected chi connectivity index (χ2v) is 8.43. The number of carbonyl (C=O) groups excluding carboxylic acids is 1. The first-order valence-corrected chi connectivity index (χ1v) is 10.1. The number of nitrogens with two attached hydrogens (primary N) is 1. The molecule has 7 nitrogen and oxygen atoms in total. The fourth-order valence-electron chi connectivity index (χ4n) is 2.72. The van der Waals surface area contributed by atoms with Crippen LogP contribution >= 0.6 is 15.9 Å². The van der Waals surface area contributed by atoms with Crippen molar-refractivity contribution >= 4 is 37.5 Å². The van der Waals surface area contributed by atoms with Crippen molar-refractivity contribution in [3.8, 4) is 0 Å². The number of rotatable bonds is 4. The summed E-state index contributed by atoms with van der Waals surface area (Å²) < 4.78 is 25.2. The average molecular weight is 437 g/mol. The highest BCUT2D eigenvalue weighted by atomic mass is 79.9. The number of nitrogens with zero attached hydrogens (tertiary/aromatic N) is 2. The van der Waals surface area contributed by atoms with Gasteiger partial charge in [-0.05, 0) is 59.1 Å². The highest BCUT2D eigenvalue weighted by Crippen LogP contribution is 2.20.